The maximum absolute atomic E-state index is 11.5. The highest BCUT2D eigenvalue weighted by Crippen LogP contribution is 2.39. The van der Waals surface area contributed by atoms with Gasteiger partial charge in [-0.2, -0.15) is 5.10 Å². The molecule has 1 fully saturated rings. The molecular weight excluding hydrogens is 202 g/mol. The van der Waals surface area contributed by atoms with Crippen molar-refractivity contribution < 1.29 is 0 Å². The van der Waals surface area contributed by atoms with Gasteiger partial charge in [0.05, 0.1) is 12.2 Å². The van der Waals surface area contributed by atoms with Gasteiger partial charge in [0, 0.05) is 11.5 Å². The third kappa shape index (κ3) is 1.37. The SMILES string of the molecule is Cc1cc(=O)[nH]c2c1cnn2C(C)C1CC1. The number of nitrogens with one attached hydrogen (secondary N) is 1. The molecule has 0 radical (unpaired) electrons. The topological polar surface area (TPSA) is 50.7 Å². The summed E-state index contributed by atoms with van der Waals surface area (Å²) in [5.41, 5.74) is 1.81. The smallest absolute Gasteiger partial charge is 0.249 e. The molecule has 1 atom stereocenters. The van der Waals surface area contributed by atoms with E-state index in [-0.39, 0.29) is 5.56 Å². The van der Waals surface area contributed by atoms with Crippen molar-refractivity contribution in [2.24, 2.45) is 5.92 Å². The van der Waals surface area contributed by atoms with Gasteiger partial charge >= 0.3 is 0 Å². The van der Waals surface area contributed by atoms with E-state index in [4.69, 9.17) is 0 Å². The number of aromatic nitrogens is 3. The minimum absolute atomic E-state index is 0.0465. The van der Waals surface area contributed by atoms with Crippen LogP contribution in [0.15, 0.2) is 17.1 Å². The molecule has 3 rings (SSSR count). The van der Waals surface area contributed by atoms with Crippen molar-refractivity contribution in [1.29, 1.82) is 0 Å². The third-order valence-corrected chi connectivity index (χ3v) is 3.50. The molecule has 1 unspecified atom stereocenters. The van der Waals surface area contributed by atoms with Gasteiger partial charge in [0.25, 0.3) is 0 Å². The largest absolute Gasteiger partial charge is 0.307 e. The Balaban J connectivity index is 2.22. The Morgan fingerprint density at radius 3 is 3.00 bits per heavy atom. The van der Waals surface area contributed by atoms with Crippen LogP contribution in [0, 0.1) is 12.8 Å². The molecule has 2 aromatic heterocycles. The van der Waals surface area contributed by atoms with E-state index in [0.29, 0.717) is 6.04 Å². The van der Waals surface area contributed by atoms with Gasteiger partial charge in [-0.25, -0.2) is 4.68 Å². The zero-order valence-corrected chi connectivity index (χ0v) is 9.53. The first-order valence-electron chi connectivity index (χ1n) is 5.74. The summed E-state index contributed by atoms with van der Waals surface area (Å²) in [6, 6.07) is 2.01. The monoisotopic (exact) mass is 217 g/mol. The lowest BCUT2D eigenvalue weighted by atomic mass is 10.2. The first kappa shape index (κ1) is 9.63. The lowest BCUT2D eigenvalue weighted by Gasteiger charge is -2.11. The quantitative estimate of drug-likeness (QED) is 0.836. The number of hydrogen-bond acceptors (Lipinski definition) is 2. The van der Waals surface area contributed by atoms with Gasteiger partial charge in [-0.3, -0.25) is 4.79 Å². The molecule has 4 nitrogen and oxygen atoms in total. The van der Waals surface area contributed by atoms with Gasteiger partial charge in [-0.05, 0) is 38.2 Å². The first-order valence-corrected chi connectivity index (χ1v) is 5.74. The number of aromatic amines is 1. The van der Waals surface area contributed by atoms with E-state index in [9.17, 15) is 4.79 Å². The van der Waals surface area contributed by atoms with E-state index >= 15 is 0 Å². The molecule has 0 aliphatic heterocycles. The molecule has 2 heterocycles. The lowest BCUT2D eigenvalue weighted by molar-refractivity contribution is 0.450. The maximum Gasteiger partial charge on any atom is 0.249 e. The van der Waals surface area contributed by atoms with Crippen LogP contribution in [0.1, 0.15) is 31.4 Å². The third-order valence-electron chi connectivity index (χ3n) is 3.50. The van der Waals surface area contributed by atoms with Crippen LogP contribution in [0.5, 0.6) is 0 Å². The summed E-state index contributed by atoms with van der Waals surface area (Å²) >= 11 is 0. The van der Waals surface area contributed by atoms with Gasteiger partial charge < -0.3 is 4.98 Å². The highest BCUT2D eigenvalue weighted by molar-refractivity contribution is 5.78. The van der Waals surface area contributed by atoms with Crippen LogP contribution in [0.3, 0.4) is 0 Å². The second kappa shape index (κ2) is 3.20. The van der Waals surface area contributed by atoms with Crippen molar-refractivity contribution in [2.75, 3.05) is 0 Å². The molecule has 0 spiro atoms. The number of rotatable bonds is 2. The van der Waals surface area contributed by atoms with E-state index in [1.807, 2.05) is 17.8 Å². The van der Waals surface area contributed by atoms with E-state index in [0.717, 1.165) is 22.5 Å². The van der Waals surface area contributed by atoms with Crippen molar-refractivity contribution in [3.05, 3.63) is 28.2 Å². The van der Waals surface area contributed by atoms with E-state index < -0.39 is 0 Å². The molecule has 4 heteroatoms. The molecule has 0 bridgehead atoms. The van der Waals surface area contributed by atoms with Crippen molar-refractivity contribution in [1.82, 2.24) is 14.8 Å². The number of aryl methyl sites for hydroxylation is 1. The Hall–Kier alpha value is -1.58. The number of nitrogens with zero attached hydrogens (tertiary/aromatic N) is 2. The van der Waals surface area contributed by atoms with Crippen LogP contribution in [0.2, 0.25) is 0 Å². The first-order chi connectivity index (χ1) is 7.66. The van der Waals surface area contributed by atoms with Crippen LogP contribution in [0.4, 0.5) is 0 Å². The van der Waals surface area contributed by atoms with Gasteiger partial charge in [-0.1, -0.05) is 0 Å². The summed E-state index contributed by atoms with van der Waals surface area (Å²) in [4.78, 5) is 14.4. The van der Waals surface area contributed by atoms with Gasteiger partial charge in [-0.15, -0.1) is 0 Å². The Labute approximate surface area is 93.3 Å². The van der Waals surface area contributed by atoms with Crippen molar-refractivity contribution in [3.63, 3.8) is 0 Å². The van der Waals surface area contributed by atoms with Crippen molar-refractivity contribution in [3.8, 4) is 0 Å². The summed E-state index contributed by atoms with van der Waals surface area (Å²) in [5, 5.41) is 5.45. The summed E-state index contributed by atoms with van der Waals surface area (Å²) in [6.45, 7) is 4.12. The molecule has 16 heavy (non-hydrogen) atoms. The Kier molecular flexibility index (Phi) is 1.93. The fourth-order valence-electron chi connectivity index (χ4n) is 2.29. The highest BCUT2D eigenvalue weighted by atomic mass is 16.1. The Morgan fingerprint density at radius 2 is 2.31 bits per heavy atom. The molecule has 1 aliphatic carbocycles. The summed E-state index contributed by atoms with van der Waals surface area (Å²) < 4.78 is 1.96. The summed E-state index contributed by atoms with van der Waals surface area (Å²) in [7, 11) is 0. The predicted molar refractivity (Wildman–Crippen MR) is 62.5 cm³/mol. The van der Waals surface area contributed by atoms with E-state index in [1.165, 1.54) is 12.8 Å². The minimum Gasteiger partial charge on any atom is -0.307 e. The zero-order valence-electron chi connectivity index (χ0n) is 9.53. The summed E-state index contributed by atoms with van der Waals surface area (Å²) in [5.74, 6) is 0.729. The molecule has 84 valence electrons. The molecule has 1 N–H and O–H groups in total. The molecule has 1 aliphatic rings. The van der Waals surface area contributed by atoms with Crippen LogP contribution < -0.4 is 5.56 Å². The average Bonchev–Trinajstić information content (AvgIpc) is 2.98. The minimum atomic E-state index is -0.0465. The predicted octanol–water partition coefficient (Wildman–Crippen LogP) is 2.00. The van der Waals surface area contributed by atoms with E-state index in [1.54, 1.807) is 6.07 Å². The number of hydrogen-bond donors (Lipinski definition) is 1. The number of pyridine rings is 1. The second-order valence-corrected chi connectivity index (χ2v) is 4.75. The lowest BCUT2D eigenvalue weighted by Crippen LogP contribution is -2.13. The Bertz CT molecular complexity index is 592. The van der Waals surface area contributed by atoms with Crippen LogP contribution >= 0.6 is 0 Å². The zero-order chi connectivity index (χ0) is 11.3. The van der Waals surface area contributed by atoms with Crippen molar-refractivity contribution in [2.45, 2.75) is 32.7 Å². The normalized spacial score (nSPS) is 17.9. The summed E-state index contributed by atoms with van der Waals surface area (Å²) in [6.07, 6.45) is 4.40. The highest BCUT2D eigenvalue weighted by Gasteiger charge is 2.30. The number of H-pyrrole nitrogens is 1. The van der Waals surface area contributed by atoms with Crippen LogP contribution in [0.25, 0.3) is 11.0 Å². The maximum atomic E-state index is 11.5. The molecule has 2 aromatic rings. The second-order valence-electron chi connectivity index (χ2n) is 4.75. The van der Waals surface area contributed by atoms with Gasteiger partial charge in [0.2, 0.25) is 5.56 Å². The van der Waals surface area contributed by atoms with Crippen molar-refractivity contribution >= 4 is 11.0 Å². The standard InChI is InChI=1S/C12H15N3O/c1-7-5-11(16)14-12-10(7)6-13-15(12)8(2)9-3-4-9/h5-6,8-9H,3-4H2,1-2H3,(H,14,16). The molecule has 0 amide bonds. The molecule has 0 saturated heterocycles. The molecular formula is C12H15N3O. The molecule has 1 saturated carbocycles. The van der Waals surface area contributed by atoms with Crippen LogP contribution in [-0.4, -0.2) is 14.8 Å². The molecule has 0 aromatic carbocycles. The fourth-order valence-corrected chi connectivity index (χ4v) is 2.29. The van der Waals surface area contributed by atoms with Gasteiger partial charge in [0.15, 0.2) is 0 Å². The van der Waals surface area contributed by atoms with Crippen LogP contribution in [-0.2, 0) is 0 Å². The van der Waals surface area contributed by atoms with Gasteiger partial charge in [0.1, 0.15) is 5.65 Å². The Morgan fingerprint density at radius 1 is 1.56 bits per heavy atom. The fraction of sp³-hybridized carbons (Fsp3) is 0.500. The van der Waals surface area contributed by atoms with E-state index in [2.05, 4.69) is 17.0 Å². The average molecular weight is 217 g/mol. The number of fused-ring (bicyclic) bond motifs is 1.